The van der Waals surface area contributed by atoms with Gasteiger partial charge in [0.2, 0.25) is 0 Å². The van der Waals surface area contributed by atoms with E-state index in [0.717, 1.165) is 5.56 Å². The Hall–Kier alpha value is -3.12. The lowest BCUT2D eigenvalue weighted by Gasteiger charge is -2.23. The lowest BCUT2D eigenvalue weighted by Crippen LogP contribution is -2.39. The van der Waals surface area contributed by atoms with Crippen LogP contribution in [-0.4, -0.2) is 81.5 Å². The number of hydrogen-bond acceptors (Lipinski definition) is 8. The number of H-pyrrole nitrogens is 1. The van der Waals surface area contributed by atoms with E-state index in [0.29, 0.717) is 24.3 Å². The molecule has 1 aliphatic heterocycles. The molecule has 1 atom stereocenters. The molecule has 4 rings (SSSR count). The summed E-state index contributed by atoms with van der Waals surface area (Å²) in [6.07, 6.45) is 10.00. The Morgan fingerprint density at radius 3 is 3.00 bits per heavy atom. The number of amides is 1. The van der Waals surface area contributed by atoms with Crippen LogP contribution in [0.3, 0.4) is 0 Å². The van der Waals surface area contributed by atoms with Crippen LogP contribution in [0, 0.1) is 0 Å². The third kappa shape index (κ3) is 4.54. The summed E-state index contributed by atoms with van der Waals surface area (Å²) >= 11 is 0. The van der Waals surface area contributed by atoms with Crippen molar-refractivity contribution in [1.29, 1.82) is 0 Å². The highest BCUT2D eigenvalue weighted by molar-refractivity contribution is 7.92. The van der Waals surface area contributed by atoms with Crippen LogP contribution < -0.4 is 0 Å². The van der Waals surface area contributed by atoms with Crippen molar-refractivity contribution in [3.8, 4) is 11.3 Å². The molecule has 1 amide bonds. The molecule has 3 aromatic rings. The zero-order valence-corrected chi connectivity index (χ0v) is 17.4. The number of aromatic nitrogens is 6. The fourth-order valence-electron chi connectivity index (χ4n) is 3.37. The largest absolute Gasteiger partial charge is 0.386 e. The number of pyridine rings is 1. The van der Waals surface area contributed by atoms with Crippen LogP contribution in [-0.2, 0) is 16.3 Å². The maximum Gasteiger partial charge on any atom is 0.272 e. The average molecular weight is 430 g/mol. The highest BCUT2D eigenvalue weighted by atomic mass is 32.2. The van der Waals surface area contributed by atoms with Crippen LogP contribution in [0.25, 0.3) is 11.3 Å². The van der Waals surface area contributed by atoms with Crippen molar-refractivity contribution in [1.82, 2.24) is 35.1 Å². The lowest BCUT2D eigenvalue weighted by molar-refractivity contribution is 0.0266. The van der Waals surface area contributed by atoms with Crippen molar-refractivity contribution in [3.63, 3.8) is 0 Å². The van der Waals surface area contributed by atoms with E-state index in [1.54, 1.807) is 34.2 Å². The third-order valence-electron chi connectivity index (χ3n) is 4.70. The summed E-state index contributed by atoms with van der Waals surface area (Å²) in [6.45, 7) is 0.742. The van der Waals surface area contributed by atoms with Gasteiger partial charge >= 0.3 is 0 Å². The Bertz CT molecular complexity index is 1170. The second-order valence-electron chi connectivity index (χ2n) is 7.66. The predicted octanol–water partition coefficient (Wildman–Crippen LogP) is 0.699. The van der Waals surface area contributed by atoms with Gasteiger partial charge in [-0.2, -0.15) is 9.46 Å². The number of nitrogens with zero attached hydrogens (tertiary/aromatic N) is 7. The molecular weight excluding hydrogens is 408 g/mol. The molecule has 0 radical (unpaired) electrons. The van der Waals surface area contributed by atoms with Gasteiger partial charge in [0, 0.05) is 46.7 Å². The lowest BCUT2D eigenvalue weighted by atomic mass is 10.0. The van der Waals surface area contributed by atoms with Gasteiger partial charge in [0.25, 0.3) is 5.91 Å². The molecule has 12 heteroatoms. The molecule has 4 heterocycles. The molecule has 1 fully saturated rings. The topological polar surface area (TPSA) is 142 Å². The SMILES string of the molecule is CS(C)(=O)=Nc1ccnc(C(=O)N2CCC(O)(Cn3cc(-c4cn[nH]c4)nn3)C2)c1. The molecule has 0 bridgehead atoms. The van der Waals surface area contributed by atoms with Gasteiger partial charge in [0.15, 0.2) is 0 Å². The van der Waals surface area contributed by atoms with Crippen LogP contribution in [0.5, 0.6) is 0 Å². The van der Waals surface area contributed by atoms with E-state index < -0.39 is 15.3 Å². The minimum absolute atomic E-state index is 0.147. The summed E-state index contributed by atoms with van der Waals surface area (Å²) in [5, 5.41) is 25.7. The standard InChI is InChI=1S/C18H22N8O3S/c1-30(2,29)23-14-3-5-19-15(7-14)17(27)25-6-4-18(28,11-25)12-26-10-16(22-24-26)13-8-20-21-9-13/h3,5,7-10,28H,4,6,11-12H2,1-2H3,(H,20,21). The predicted molar refractivity (Wildman–Crippen MR) is 109 cm³/mol. The number of β-amino-alcohol motifs (C(OH)–C–C–N with tert-alkyl or cyclic N) is 1. The van der Waals surface area contributed by atoms with Crippen molar-refractivity contribution < 1.29 is 14.1 Å². The average Bonchev–Trinajstić information content (AvgIpc) is 3.41. The minimum atomic E-state index is -2.35. The normalized spacial score (nSPS) is 19.2. The Balaban J connectivity index is 1.45. The molecule has 0 spiro atoms. The van der Waals surface area contributed by atoms with E-state index in [9.17, 15) is 14.1 Å². The molecule has 0 aromatic carbocycles. The quantitative estimate of drug-likeness (QED) is 0.606. The summed E-state index contributed by atoms with van der Waals surface area (Å²) in [4.78, 5) is 18.5. The van der Waals surface area contributed by atoms with Crippen LogP contribution in [0.2, 0.25) is 0 Å². The molecular formula is C18H22N8O3S. The van der Waals surface area contributed by atoms with Gasteiger partial charge in [-0.3, -0.25) is 14.9 Å². The van der Waals surface area contributed by atoms with E-state index in [4.69, 9.17) is 0 Å². The van der Waals surface area contributed by atoms with Crippen molar-refractivity contribution in [2.24, 2.45) is 4.36 Å². The summed E-state index contributed by atoms with van der Waals surface area (Å²) in [6, 6.07) is 3.12. The van der Waals surface area contributed by atoms with Crippen LogP contribution in [0.1, 0.15) is 16.9 Å². The molecule has 30 heavy (non-hydrogen) atoms. The molecule has 3 aromatic heterocycles. The number of hydrogen-bond donors (Lipinski definition) is 2. The molecule has 0 aliphatic carbocycles. The van der Waals surface area contributed by atoms with E-state index in [1.807, 2.05) is 0 Å². The van der Waals surface area contributed by atoms with E-state index >= 15 is 0 Å². The van der Waals surface area contributed by atoms with E-state index in [2.05, 4.69) is 29.9 Å². The summed E-state index contributed by atoms with van der Waals surface area (Å²) < 4.78 is 17.6. The number of rotatable bonds is 5. The third-order valence-corrected chi connectivity index (χ3v) is 5.35. The molecule has 11 nitrogen and oxygen atoms in total. The number of nitrogens with one attached hydrogen (secondary N) is 1. The minimum Gasteiger partial charge on any atom is -0.386 e. The van der Waals surface area contributed by atoms with Gasteiger partial charge in [0.05, 0.1) is 31.2 Å². The molecule has 158 valence electrons. The molecule has 1 unspecified atom stereocenters. The zero-order valence-electron chi connectivity index (χ0n) is 16.6. The van der Waals surface area contributed by atoms with Gasteiger partial charge in [-0.1, -0.05) is 5.21 Å². The fraction of sp³-hybridized carbons (Fsp3) is 0.389. The van der Waals surface area contributed by atoms with Crippen molar-refractivity contribution in [2.45, 2.75) is 18.6 Å². The maximum atomic E-state index is 12.9. The molecule has 2 N–H and O–H groups in total. The van der Waals surface area contributed by atoms with Crippen molar-refractivity contribution in [3.05, 3.63) is 42.6 Å². The molecule has 1 saturated heterocycles. The second-order valence-corrected chi connectivity index (χ2v) is 10.2. The first-order valence-corrected chi connectivity index (χ1v) is 11.6. The van der Waals surface area contributed by atoms with Gasteiger partial charge in [-0.05, 0) is 18.6 Å². The number of aliphatic hydroxyl groups is 1. The van der Waals surface area contributed by atoms with Gasteiger partial charge in [-0.25, -0.2) is 8.89 Å². The first kappa shape index (κ1) is 20.2. The second kappa shape index (κ2) is 7.61. The van der Waals surface area contributed by atoms with Crippen LogP contribution in [0.4, 0.5) is 5.69 Å². The Morgan fingerprint density at radius 2 is 2.27 bits per heavy atom. The van der Waals surface area contributed by atoms with Gasteiger partial charge in [0.1, 0.15) is 17.0 Å². The Kier molecular flexibility index (Phi) is 5.12. The first-order chi connectivity index (χ1) is 14.2. The highest BCUT2D eigenvalue weighted by Crippen LogP contribution is 2.26. The van der Waals surface area contributed by atoms with Gasteiger partial charge in [-0.15, -0.1) is 5.10 Å². The number of carbonyl (C=O) groups excluding carboxylic acids is 1. The monoisotopic (exact) mass is 430 g/mol. The number of aromatic amines is 1. The maximum absolute atomic E-state index is 12.9. The Morgan fingerprint density at radius 1 is 1.43 bits per heavy atom. The van der Waals surface area contributed by atoms with Crippen molar-refractivity contribution in [2.75, 3.05) is 25.6 Å². The smallest absolute Gasteiger partial charge is 0.272 e. The summed E-state index contributed by atoms with van der Waals surface area (Å²) in [5.74, 6) is -0.306. The number of carbonyl (C=O) groups is 1. The fourth-order valence-corrected chi connectivity index (χ4v) is 3.99. The molecule has 1 aliphatic rings. The Labute approximate surface area is 173 Å². The van der Waals surface area contributed by atoms with Gasteiger partial charge < -0.3 is 10.0 Å². The zero-order chi connectivity index (χ0) is 21.4. The highest BCUT2D eigenvalue weighted by Gasteiger charge is 2.39. The molecule has 0 saturated carbocycles. The number of likely N-dealkylation sites (tertiary alicyclic amines) is 1. The van der Waals surface area contributed by atoms with E-state index in [1.165, 1.54) is 24.8 Å². The van der Waals surface area contributed by atoms with Crippen molar-refractivity contribution >= 4 is 21.3 Å². The first-order valence-electron chi connectivity index (χ1n) is 9.25. The van der Waals surface area contributed by atoms with E-state index in [-0.39, 0.29) is 24.7 Å². The summed E-state index contributed by atoms with van der Waals surface area (Å²) in [7, 11) is -2.35. The summed E-state index contributed by atoms with van der Waals surface area (Å²) in [5.41, 5.74) is 0.960. The van der Waals surface area contributed by atoms with Crippen LogP contribution >= 0.6 is 0 Å². The van der Waals surface area contributed by atoms with Crippen LogP contribution in [0.15, 0.2) is 41.3 Å².